The van der Waals surface area contributed by atoms with Crippen molar-refractivity contribution in [2.75, 3.05) is 7.05 Å². The average molecular weight is 314 g/mol. The van der Waals surface area contributed by atoms with E-state index in [-0.39, 0.29) is 17.6 Å². The highest BCUT2D eigenvalue weighted by Crippen LogP contribution is 2.54. The quantitative estimate of drug-likeness (QED) is 0.551. The second-order valence-electron chi connectivity index (χ2n) is 4.74. The highest BCUT2D eigenvalue weighted by Gasteiger charge is 2.58. The molecular formula is C12H15N2O6P. The Balaban J connectivity index is 2.17. The molecule has 0 heterocycles. The van der Waals surface area contributed by atoms with Gasteiger partial charge in [-0.3, -0.25) is 19.4 Å². The van der Waals surface area contributed by atoms with Crippen LogP contribution in [0.4, 0.5) is 0 Å². The Morgan fingerprint density at radius 1 is 1.24 bits per heavy atom. The van der Waals surface area contributed by atoms with Crippen LogP contribution in [-0.4, -0.2) is 28.6 Å². The second-order valence-corrected chi connectivity index (χ2v) is 5.91. The van der Waals surface area contributed by atoms with Gasteiger partial charge in [0.25, 0.3) is 0 Å². The van der Waals surface area contributed by atoms with Gasteiger partial charge in [0.1, 0.15) is 5.75 Å². The summed E-state index contributed by atoms with van der Waals surface area (Å²) in [6.07, 6.45) is 0. The van der Waals surface area contributed by atoms with Crippen molar-refractivity contribution in [1.29, 1.82) is 0 Å². The van der Waals surface area contributed by atoms with Crippen LogP contribution in [0.1, 0.15) is 11.5 Å². The van der Waals surface area contributed by atoms with Crippen LogP contribution in [0.15, 0.2) is 24.3 Å². The second kappa shape index (κ2) is 5.48. The van der Waals surface area contributed by atoms with E-state index in [1.54, 1.807) is 12.1 Å². The molecule has 1 aliphatic rings. The first-order valence-corrected chi connectivity index (χ1v) is 7.63. The van der Waals surface area contributed by atoms with E-state index in [9.17, 15) is 14.2 Å². The summed E-state index contributed by atoms with van der Waals surface area (Å²) in [5.74, 6) is -2.23. The zero-order valence-electron chi connectivity index (χ0n) is 11.1. The van der Waals surface area contributed by atoms with Crippen molar-refractivity contribution < 1.29 is 28.5 Å². The molecule has 8 nitrogen and oxygen atoms in total. The van der Waals surface area contributed by atoms with Gasteiger partial charge in [0.15, 0.2) is 0 Å². The molecule has 0 aliphatic heterocycles. The summed E-state index contributed by atoms with van der Waals surface area (Å²) in [4.78, 5) is 40.4. The van der Waals surface area contributed by atoms with Crippen LogP contribution in [0.5, 0.6) is 5.75 Å². The number of benzene rings is 1. The van der Waals surface area contributed by atoms with Crippen LogP contribution in [0.25, 0.3) is 0 Å². The van der Waals surface area contributed by atoms with E-state index in [4.69, 9.17) is 15.5 Å². The first-order valence-electron chi connectivity index (χ1n) is 6.10. The van der Waals surface area contributed by atoms with E-state index in [1.807, 2.05) is 0 Å². The maximum atomic E-state index is 11.7. The summed E-state index contributed by atoms with van der Waals surface area (Å²) in [5.41, 5.74) is 5.96. The smallest absolute Gasteiger partial charge is 0.404 e. The predicted octanol–water partition coefficient (Wildman–Crippen LogP) is -0.281. The monoisotopic (exact) mass is 314 g/mol. The summed E-state index contributed by atoms with van der Waals surface area (Å²) in [7, 11) is -3.13. The molecule has 0 aromatic heterocycles. The van der Waals surface area contributed by atoms with Gasteiger partial charge in [-0.25, -0.2) is 4.57 Å². The lowest BCUT2D eigenvalue weighted by Crippen LogP contribution is -2.24. The minimum absolute atomic E-state index is 0.000138. The predicted molar refractivity (Wildman–Crippen MR) is 72.1 cm³/mol. The van der Waals surface area contributed by atoms with E-state index in [2.05, 4.69) is 9.84 Å². The van der Waals surface area contributed by atoms with Gasteiger partial charge >= 0.3 is 7.82 Å². The highest BCUT2D eigenvalue weighted by atomic mass is 31.2. The number of amides is 2. The van der Waals surface area contributed by atoms with Crippen LogP contribution in [0, 0.1) is 11.8 Å². The molecule has 1 aliphatic carbocycles. The fourth-order valence-electron chi connectivity index (χ4n) is 2.46. The van der Waals surface area contributed by atoms with Gasteiger partial charge in [0.2, 0.25) is 11.8 Å². The summed E-state index contributed by atoms with van der Waals surface area (Å²) in [6, 6.07) is 5.83. The molecule has 0 bridgehead atoms. The van der Waals surface area contributed by atoms with Crippen LogP contribution in [0.2, 0.25) is 0 Å². The molecule has 1 fully saturated rings. The maximum Gasteiger partial charge on any atom is 0.524 e. The fourth-order valence-corrected chi connectivity index (χ4v) is 2.86. The van der Waals surface area contributed by atoms with Gasteiger partial charge in [-0.05, 0) is 17.7 Å². The fraction of sp³-hybridized carbons (Fsp3) is 0.333. The number of hydrogen-bond donors (Lipinski definition) is 4. The molecule has 0 unspecified atom stereocenters. The van der Waals surface area contributed by atoms with Crippen molar-refractivity contribution in [3.8, 4) is 5.75 Å². The highest BCUT2D eigenvalue weighted by molar-refractivity contribution is 7.46. The van der Waals surface area contributed by atoms with E-state index in [1.165, 1.54) is 19.2 Å². The number of carbonyl (C=O) groups excluding carboxylic acids is 2. The van der Waals surface area contributed by atoms with Crippen LogP contribution in [0.3, 0.4) is 0 Å². The molecule has 5 N–H and O–H groups in total. The Bertz CT molecular complexity index is 611. The number of phosphoric acid groups is 1. The molecule has 0 radical (unpaired) electrons. The molecule has 3 atom stereocenters. The first-order chi connectivity index (χ1) is 9.74. The first kappa shape index (κ1) is 15.5. The van der Waals surface area contributed by atoms with E-state index in [0.717, 1.165) is 0 Å². The standard InChI is InChI=1S/C12H15N2O6P/c1-14-12(16)10-8(9(10)11(13)15)6-2-4-7(5-3-6)20-21(17,18)19/h2-5,8-10H,1H3,(H2,13,15)(H,14,16)(H2,17,18,19)/t8-,9-,10-/m1/s1. The zero-order chi connectivity index (χ0) is 15.8. The Morgan fingerprint density at radius 2 is 1.81 bits per heavy atom. The van der Waals surface area contributed by atoms with Crippen molar-refractivity contribution in [3.63, 3.8) is 0 Å². The third kappa shape index (κ3) is 3.41. The number of rotatable bonds is 5. The number of phosphoric ester groups is 1. The molecule has 1 aromatic carbocycles. The van der Waals surface area contributed by atoms with Gasteiger partial charge in [-0.15, -0.1) is 0 Å². The number of nitrogens with two attached hydrogens (primary N) is 1. The third-order valence-electron chi connectivity index (χ3n) is 3.39. The van der Waals surface area contributed by atoms with Crippen molar-refractivity contribution in [2.45, 2.75) is 5.92 Å². The van der Waals surface area contributed by atoms with Gasteiger partial charge < -0.3 is 15.6 Å². The van der Waals surface area contributed by atoms with Crippen LogP contribution in [-0.2, 0) is 14.2 Å². The normalized spacial score (nSPS) is 24.2. The third-order valence-corrected chi connectivity index (χ3v) is 3.84. The van der Waals surface area contributed by atoms with Crippen molar-refractivity contribution >= 4 is 19.6 Å². The molecule has 0 spiro atoms. The van der Waals surface area contributed by atoms with Crippen molar-refractivity contribution in [3.05, 3.63) is 29.8 Å². The van der Waals surface area contributed by atoms with E-state index < -0.39 is 25.6 Å². The molecule has 1 saturated carbocycles. The Morgan fingerprint density at radius 3 is 2.24 bits per heavy atom. The minimum atomic E-state index is -4.61. The molecular weight excluding hydrogens is 299 g/mol. The lowest BCUT2D eigenvalue weighted by Gasteiger charge is -2.07. The Labute approximate surface area is 120 Å². The SMILES string of the molecule is CNC(=O)[C@H]1[C@H](C(N)=O)[C@H]1c1ccc(OP(=O)(O)O)cc1. The summed E-state index contributed by atoms with van der Waals surface area (Å²) >= 11 is 0. The van der Waals surface area contributed by atoms with Gasteiger partial charge in [0.05, 0.1) is 11.8 Å². The summed E-state index contributed by atoms with van der Waals surface area (Å²) < 4.78 is 15.1. The molecule has 1 aromatic rings. The molecule has 114 valence electrons. The lowest BCUT2D eigenvalue weighted by atomic mass is 10.1. The topological polar surface area (TPSA) is 139 Å². The largest absolute Gasteiger partial charge is 0.524 e. The van der Waals surface area contributed by atoms with Gasteiger partial charge in [0, 0.05) is 13.0 Å². The Hall–Kier alpha value is -1.89. The van der Waals surface area contributed by atoms with Crippen molar-refractivity contribution in [1.82, 2.24) is 5.32 Å². The lowest BCUT2D eigenvalue weighted by molar-refractivity contribution is -0.125. The van der Waals surface area contributed by atoms with Gasteiger partial charge in [-0.1, -0.05) is 12.1 Å². The van der Waals surface area contributed by atoms with Crippen LogP contribution < -0.4 is 15.6 Å². The number of primary amides is 1. The number of carbonyl (C=O) groups is 2. The maximum absolute atomic E-state index is 11.7. The molecule has 21 heavy (non-hydrogen) atoms. The molecule has 0 saturated heterocycles. The summed E-state index contributed by atoms with van der Waals surface area (Å²) in [6.45, 7) is 0. The molecule has 2 rings (SSSR count). The van der Waals surface area contributed by atoms with Crippen LogP contribution >= 0.6 is 7.82 Å². The minimum Gasteiger partial charge on any atom is -0.404 e. The molecule has 9 heteroatoms. The van der Waals surface area contributed by atoms with E-state index >= 15 is 0 Å². The van der Waals surface area contributed by atoms with Crippen molar-refractivity contribution in [2.24, 2.45) is 17.6 Å². The summed E-state index contributed by atoms with van der Waals surface area (Å²) in [5, 5.41) is 2.48. The zero-order valence-corrected chi connectivity index (χ0v) is 12.0. The average Bonchev–Trinajstić information content (AvgIpc) is 3.12. The number of nitrogens with one attached hydrogen (secondary N) is 1. The van der Waals surface area contributed by atoms with Gasteiger partial charge in [-0.2, -0.15) is 0 Å². The Kier molecular flexibility index (Phi) is 4.04. The number of hydrogen-bond acceptors (Lipinski definition) is 4. The van der Waals surface area contributed by atoms with E-state index in [0.29, 0.717) is 5.56 Å². The molecule has 2 amide bonds.